The van der Waals surface area contributed by atoms with Crippen LogP contribution in [0.5, 0.6) is 0 Å². The summed E-state index contributed by atoms with van der Waals surface area (Å²) in [6, 6.07) is 5.22. The molecular weight excluding hydrogens is 280 g/mol. The van der Waals surface area contributed by atoms with E-state index in [1.54, 1.807) is 24.3 Å². The number of aliphatic carboxylic acids is 1. The molecule has 7 heteroatoms. The fraction of sp³-hybridized carbons (Fsp3) is 0.308. The summed E-state index contributed by atoms with van der Waals surface area (Å²) >= 11 is 1.41. The molecule has 2 amide bonds. The predicted octanol–water partition coefficient (Wildman–Crippen LogP) is 0.398. The van der Waals surface area contributed by atoms with Crippen molar-refractivity contribution in [2.24, 2.45) is 0 Å². The highest BCUT2D eigenvalue weighted by atomic mass is 32.2. The number of nitrogens with zero attached hydrogens (tertiary/aromatic N) is 1. The minimum atomic E-state index is -1.19. The maximum absolute atomic E-state index is 12.3. The molecule has 1 aromatic carbocycles. The molecule has 0 spiro atoms. The Morgan fingerprint density at radius 1 is 1.30 bits per heavy atom. The Balaban J connectivity index is 1.99. The molecule has 104 valence electrons. The summed E-state index contributed by atoms with van der Waals surface area (Å²) < 4.78 is 0. The first-order valence-electron chi connectivity index (χ1n) is 6.16. The molecule has 0 bridgehead atoms. The van der Waals surface area contributed by atoms with Crippen LogP contribution in [0.4, 0.5) is 0 Å². The Morgan fingerprint density at radius 3 is 2.35 bits per heavy atom. The molecule has 2 heterocycles. The molecule has 1 saturated heterocycles. The molecule has 0 radical (unpaired) electrons. The summed E-state index contributed by atoms with van der Waals surface area (Å²) in [6.45, 7) is 0.669. The summed E-state index contributed by atoms with van der Waals surface area (Å²) in [5.74, 6) is -1.48. The van der Waals surface area contributed by atoms with E-state index in [4.69, 9.17) is 0 Å². The average molecular weight is 292 g/mol. The third kappa shape index (κ3) is 1.90. The summed E-state index contributed by atoms with van der Waals surface area (Å²) in [6.07, 6.45) is 0. The van der Waals surface area contributed by atoms with Crippen LogP contribution in [0.15, 0.2) is 24.3 Å². The lowest BCUT2D eigenvalue weighted by Crippen LogP contribution is -2.53. The van der Waals surface area contributed by atoms with Gasteiger partial charge in [0.05, 0.1) is 16.5 Å². The van der Waals surface area contributed by atoms with Crippen molar-refractivity contribution in [1.82, 2.24) is 10.2 Å². The third-order valence-corrected chi connectivity index (χ3v) is 4.61. The number of hydrogen-bond donors (Lipinski definition) is 2. The highest BCUT2D eigenvalue weighted by Gasteiger charge is 2.47. The molecule has 2 N–H and O–H groups in total. The maximum atomic E-state index is 12.3. The fourth-order valence-electron chi connectivity index (χ4n) is 2.48. The molecule has 2 aliphatic rings. The molecule has 1 aromatic rings. The zero-order valence-corrected chi connectivity index (χ0v) is 11.2. The smallest absolute Gasteiger partial charge is 0.329 e. The van der Waals surface area contributed by atoms with Crippen LogP contribution < -0.4 is 5.32 Å². The van der Waals surface area contributed by atoms with Crippen LogP contribution in [0.2, 0.25) is 0 Å². The molecule has 6 nitrogen and oxygen atoms in total. The van der Waals surface area contributed by atoms with Gasteiger partial charge in [-0.05, 0) is 12.1 Å². The Hall–Kier alpha value is -1.86. The number of nitrogens with one attached hydrogen (secondary N) is 1. The van der Waals surface area contributed by atoms with E-state index in [2.05, 4.69) is 5.32 Å². The topological polar surface area (TPSA) is 86.7 Å². The van der Waals surface area contributed by atoms with Gasteiger partial charge in [0.2, 0.25) is 0 Å². The predicted molar refractivity (Wildman–Crippen MR) is 72.6 cm³/mol. The lowest BCUT2D eigenvalue weighted by molar-refractivity contribution is -0.141. The molecule has 2 atom stereocenters. The number of carbonyl (C=O) groups is 3. The second-order valence-corrected chi connectivity index (χ2v) is 5.80. The van der Waals surface area contributed by atoms with Crippen molar-refractivity contribution < 1.29 is 19.5 Å². The number of carboxylic acids is 1. The van der Waals surface area contributed by atoms with Crippen molar-refractivity contribution in [2.45, 2.75) is 11.4 Å². The van der Waals surface area contributed by atoms with E-state index in [-0.39, 0.29) is 11.1 Å². The first-order chi connectivity index (χ1) is 9.61. The van der Waals surface area contributed by atoms with Gasteiger partial charge in [0.25, 0.3) is 11.8 Å². The van der Waals surface area contributed by atoms with Crippen molar-refractivity contribution in [3.05, 3.63) is 35.4 Å². The lowest BCUT2D eigenvalue weighted by Gasteiger charge is -2.26. The zero-order valence-electron chi connectivity index (χ0n) is 10.4. The van der Waals surface area contributed by atoms with Crippen LogP contribution >= 0.6 is 11.8 Å². The van der Waals surface area contributed by atoms with Crippen molar-refractivity contribution >= 4 is 29.5 Å². The standard InChI is InChI=1S/C13H12N2O4S/c16-11-7-3-1-2-4-8(7)12(17)15(11)9(13(18)19)10-14-5-6-20-10/h1-4,9-10,14H,5-6H2,(H,18,19)/t9-,10-/m1/s1. The Kier molecular flexibility index (Phi) is 3.23. The van der Waals surface area contributed by atoms with Gasteiger partial charge in [0.1, 0.15) is 0 Å². The van der Waals surface area contributed by atoms with Crippen LogP contribution in [0.3, 0.4) is 0 Å². The number of hydrogen-bond acceptors (Lipinski definition) is 5. The number of amides is 2. The van der Waals surface area contributed by atoms with E-state index >= 15 is 0 Å². The van der Waals surface area contributed by atoms with Crippen LogP contribution in [-0.4, -0.2) is 51.5 Å². The first kappa shape index (κ1) is 13.1. The number of carbonyl (C=O) groups excluding carboxylic acids is 2. The molecule has 0 saturated carbocycles. The summed E-state index contributed by atoms with van der Waals surface area (Å²) in [4.78, 5) is 37.0. The van der Waals surface area contributed by atoms with Gasteiger partial charge in [-0.2, -0.15) is 0 Å². The van der Waals surface area contributed by atoms with Crippen molar-refractivity contribution in [3.63, 3.8) is 0 Å². The number of rotatable bonds is 3. The van der Waals surface area contributed by atoms with E-state index in [1.165, 1.54) is 11.8 Å². The number of carboxylic acid groups (broad SMARTS) is 1. The van der Waals surface area contributed by atoms with Gasteiger partial charge in [0.15, 0.2) is 6.04 Å². The normalized spacial score (nSPS) is 23.0. The molecule has 3 rings (SSSR count). The molecule has 2 aliphatic heterocycles. The minimum Gasteiger partial charge on any atom is -0.480 e. The van der Waals surface area contributed by atoms with Gasteiger partial charge in [-0.25, -0.2) is 4.79 Å². The van der Waals surface area contributed by atoms with E-state index < -0.39 is 29.2 Å². The van der Waals surface area contributed by atoms with Crippen LogP contribution in [0.1, 0.15) is 20.7 Å². The van der Waals surface area contributed by atoms with Crippen LogP contribution in [-0.2, 0) is 4.79 Å². The quantitative estimate of drug-likeness (QED) is 0.784. The second kappa shape index (κ2) is 4.92. The number of thioether (sulfide) groups is 1. The van der Waals surface area contributed by atoms with Crippen LogP contribution in [0, 0.1) is 0 Å². The Labute approximate surface area is 119 Å². The largest absolute Gasteiger partial charge is 0.480 e. The maximum Gasteiger partial charge on any atom is 0.329 e. The lowest BCUT2D eigenvalue weighted by atomic mass is 10.1. The number of benzene rings is 1. The van der Waals surface area contributed by atoms with Gasteiger partial charge >= 0.3 is 5.97 Å². The summed E-state index contributed by atoms with van der Waals surface area (Å²) in [5.41, 5.74) is 0.540. The second-order valence-electron chi connectivity index (χ2n) is 4.55. The van der Waals surface area contributed by atoms with Gasteiger partial charge in [0, 0.05) is 12.3 Å². The molecule has 0 unspecified atom stereocenters. The highest BCUT2D eigenvalue weighted by Crippen LogP contribution is 2.29. The van der Waals surface area contributed by atoms with E-state index in [0.29, 0.717) is 6.54 Å². The van der Waals surface area contributed by atoms with Crippen molar-refractivity contribution in [1.29, 1.82) is 0 Å². The van der Waals surface area contributed by atoms with Gasteiger partial charge in [-0.1, -0.05) is 12.1 Å². The summed E-state index contributed by atoms with van der Waals surface area (Å²) in [5, 5.41) is 12.0. The SMILES string of the molecule is O=C(O)[C@@H]([C@@H]1NCCS1)N1C(=O)c2ccccc2C1=O. The molecule has 0 aliphatic carbocycles. The highest BCUT2D eigenvalue weighted by molar-refractivity contribution is 8.00. The average Bonchev–Trinajstić information content (AvgIpc) is 3.03. The number of fused-ring (bicyclic) bond motifs is 1. The molecular formula is C13H12N2O4S. The molecule has 1 fully saturated rings. The minimum absolute atomic E-state index is 0.270. The van der Waals surface area contributed by atoms with Gasteiger partial charge in [-0.3, -0.25) is 14.5 Å². The molecule has 20 heavy (non-hydrogen) atoms. The van der Waals surface area contributed by atoms with Crippen molar-refractivity contribution in [2.75, 3.05) is 12.3 Å². The first-order valence-corrected chi connectivity index (χ1v) is 7.21. The van der Waals surface area contributed by atoms with Gasteiger partial charge in [-0.15, -0.1) is 11.8 Å². The van der Waals surface area contributed by atoms with E-state index in [1.807, 2.05) is 0 Å². The Bertz CT molecular complexity index is 563. The fourth-order valence-corrected chi connectivity index (χ4v) is 3.63. The zero-order chi connectivity index (χ0) is 14.3. The van der Waals surface area contributed by atoms with E-state index in [9.17, 15) is 19.5 Å². The Morgan fingerprint density at radius 2 is 1.90 bits per heavy atom. The monoisotopic (exact) mass is 292 g/mol. The summed E-state index contributed by atoms with van der Waals surface area (Å²) in [7, 11) is 0. The van der Waals surface area contributed by atoms with Gasteiger partial charge < -0.3 is 10.4 Å². The molecule has 0 aromatic heterocycles. The number of imide groups is 1. The van der Waals surface area contributed by atoms with Crippen molar-refractivity contribution in [3.8, 4) is 0 Å². The third-order valence-electron chi connectivity index (χ3n) is 3.39. The van der Waals surface area contributed by atoms with Crippen LogP contribution in [0.25, 0.3) is 0 Å². The van der Waals surface area contributed by atoms with E-state index in [0.717, 1.165) is 10.7 Å².